The number of anilines is 1. The zero-order valence-electron chi connectivity index (χ0n) is 17.3. The predicted octanol–water partition coefficient (Wildman–Crippen LogP) is 3.39. The van der Waals surface area contributed by atoms with E-state index in [2.05, 4.69) is 20.4 Å². The van der Waals surface area contributed by atoms with Crippen LogP contribution >= 0.6 is 22.9 Å². The minimum absolute atomic E-state index is 0.278. The predicted molar refractivity (Wildman–Crippen MR) is 122 cm³/mol. The molecule has 0 saturated carbocycles. The summed E-state index contributed by atoms with van der Waals surface area (Å²) in [6, 6.07) is 10.9. The molecule has 1 aromatic carbocycles. The Bertz CT molecular complexity index is 954. The van der Waals surface area contributed by atoms with E-state index >= 15 is 0 Å². The molecule has 1 fully saturated rings. The third-order valence-electron chi connectivity index (χ3n) is 5.42. The summed E-state index contributed by atoms with van der Waals surface area (Å²) in [5, 5.41) is 8.39. The summed E-state index contributed by atoms with van der Waals surface area (Å²) in [6.45, 7) is 5.88. The molecule has 3 heterocycles. The van der Waals surface area contributed by atoms with Gasteiger partial charge in [-0.05, 0) is 42.6 Å². The van der Waals surface area contributed by atoms with E-state index in [1.807, 2.05) is 41.8 Å². The molecule has 31 heavy (non-hydrogen) atoms. The molecule has 2 aliphatic heterocycles. The highest BCUT2D eigenvalue weighted by Crippen LogP contribution is 2.31. The number of carbonyl (C=O) groups is 2. The Morgan fingerprint density at radius 2 is 1.94 bits per heavy atom. The van der Waals surface area contributed by atoms with Crippen molar-refractivity contribution in [1.29, 1.82) is 0 Å². The van der Waals surface area contributed by atoms with Crippen LogP contribution in [0.5, 0.6) is 0 Å². The topological polar surface area (TPSA) is 73.9 Å². The second-order valence-electron chi connectivity index (χ2n) is 7.40. The number of ether oxygens (including phenoxy) is 1. The number of esters is 1. The summed E-state index contributed by atoms with van der Waals surface area (Å²) in [5.74, 6) is -0.400. The molecule has 4 rings (SSSR count). The standard InChI is InChI=1S/C22H25ClN4O3S/c1-2-30-21(28)19-17(24-22(29)25-20(19)18-4-3-13-31-18)14-26-9-11-27(12-10-26)16-7-5-15(23)6-8-16/h3-8,13,20H,2,9-12,14H2,1H3,(H2,24,25,29). The number of nitrogens with zero attached hydrogens (tertiary/aromatic N) is 2. The SMILES string of the molecule is CCOC(=O)C1=C(CN2CCN(c3ccc(Cl)cc3)CC2)NC(=O)NC1c1cccs1. The van der Waals surface area contributed by atoms with Crippen LogP contribution in [0.4, 0.5) is 10.5 Å². The molecule has 1 unspecified atom stereocenters. The van der Waals surface area contributed by atoms with E-state index in [9.17, 15) is 9.59 Å². The number of thiophene rings is 1. The van der Waals surface area contributed by atoms with Gasteiger partial charge in [-0.15, -0.1) is 11.3 Å². The number of benzene rings is 1. The third-order valence-corrected chi connectivity index (χ3v) is 6.61. The number of carbonyl (C=O) groups excluding carboxylic acids is 2. The number of urea groups is 1. The fourth-order valence-electron chi connectivity index (χ4n) is 3.90. The molecular formula is C22H25ClN4O3S. The minimum Gasteiger partial charge on any atom is -0.463 e. The molecule has 0 bridgehead atoms. The Labute approximate surface area is 190 Å². The van der Waals surface area contributed by atoms with E-state index in [4.69, 9.17) is 16.3 Å². The lowest BCUT2D eigenvalue weighted by Gasteiger charge is -2.37. The smallest absolute Gasteiger partial charge is 0.338 e. The molecule has 1 saturated heterocycles. The molecule has 1 atom stereocenters. The second-order valence-corrected chi connectivity index (χ2v) is 8.81. The van der Waals surface area contributed by atoms with E-state index in [-0.39, 0.29) is 12.6 Å². The zero-order valence-corrected chi connectivity index (χ0v) is 18.8. The summed E-state index contributed by atoms with van der Waals surface area (Å²) in [6.07, 6.45) is 0. The summed E-state index contributed by atoms with van der Waals surface area (Å²) in [4.78, 5) is 30.7. The van der Waals surface area contributed by atoms with Gasteiger partial charge in [0, 0.05) is 54.0 Å². The van der Waals surface area contributed by atoms with Crippen molar-refractivity contribution in [3.05, 3.63) is 62.9 Å². The van der Waals surface area contributed by atoms with Crippen molar-refractivity contribution in [2.45, 2.75) is 13.0 Å². The first-order chi connectivity index (χ1) is 15.0. The van der Waals surface area contributed by atoms with Crippen LogP contribution in [0.3, 0.4) is 0 Å². The van der Waals surface area contributed by atoms with Crippen LogP contribution in [0.25, 0.3) is 0 Å². The molecule has 0 spiro atoms. The van der Waals surface area contributed by atoms with Crippen LogP contribution in [0.2, 0.25) is 5.02 Å². The molecule has 1 aromatic heterocycles. The number of amides is 2. The molecule has 0 aliphatic carbocycles. The highest BCUT2D eigenvalue weighted by atomic mass is 35.5. The number of rotatable bonds is 6. The van der Waals surface area contributed by atoms with E-state index in [1.54, 1.807) is 6.92 Å². The van der Waals surface area contributed by atoms with Crippen LogP contribution in [-0.4, -0.2) is 56.2 Å². The lowest BCUT2D eigenvalue weighted by Crippen LogP contribution is -2.51. The Morgan fingerprint density at radius 1 is 1.19 bits per heavy atom. The van der Waals surface area contributed by atoms with Crippen molar-refractivity contribution >= 4 is 40.6 Å². The van der Waals surface area contributed by atoms with Gasteiger partial charge in [-0.25, -0.2) is 9.59 Å². The average molecular weight is 461 g/mol. The lowest BCUT2D eigenvalue weighted by atomic mass is 10.0. The summed E-state index contributed by atoms with van der Waals surface area (Å²) in [5.41, 5.74) is 2.23. The normalized spacial score (nSPS) is 19.7. The summed E-state index contributed by atoms with van der Waals surface area (Å²) in [7, 11) is 0. The fourth-order valence-corrected chi connectivity index (χ4v) is 4.81. The first-order valence-electron chi connectivity index (χ1n) is 10.3. The zero-order chi connectivity index (χ0) is 21.8. The number of hydrogen-bond donors (Lipinski definition) is 2. The Balaban J connectivity index is 1.51. The van der Waals surface area contributed by atoms with Crippen LogP contribution in [0, 0.1) is 0 Å². The third kappa shape index (κ3) is 5.03. The highest BCUT2D eigenvalue weighted by molar-refractivity contribution is 7.10. The average Bonchev–Trinajstić information content (AvgIpc) is 3.29. The first kappa shape index (κ1) is 21.7. The molecule has 0 radical (unpaired) electrons. The van der Waals surface area contributed by atoms with Crippen LogP contribution in [0.1, 0.15) is 17.8 Å². The number of hydrogen-bond acceptors (Lipinski definition) is 6. The van der Waals surface area contributed by atoms with Gasteiger partial charge in [-0.1, -0.05) is 17.7 Å². The van der Waals surface area contributed by atoms with Crippen LogP contribution in [0.15, 0.2) is 53.0 Å². The van der Waals surface area contributed by atoms with Gasteiger partial charge in [0.05, 0.1) is 18.2 Å². The molecule has 7 nitrogen and oxygen atoms in total. The minimum atomic E-state index is -0.502. The molecule has 2 amide bonds. The lowest BCUT2D eigenvalue weighted by molar-refractivity contribution is -0.139. The highest BCUT2D eigenvalue weighted by Gasteiger charge is 2.35. The van der Waals surface area contributed by atoms with Crippen molar-refractivity contribution in [2.24, 2.45) is 0 Å². The van der Waals surface area contributed by atoms with E-state index < -0.39 is 12.0 Å². The summed E-state index contributed by atoms with van der Waals surface area (Å²) >= 11 is 7.50. The maximum atomic E-state index is 12.8. The van der Waals surface area contributed by atoms with Gasteiger partial charge in [0.1, 0.15) is 0 Å². The molecule has 164 valence electrons. The quantitative estimate of drug-likeness (QED) is 0.646. The Kier molecular flexibility index (Phi) is 6.80. The fraction of sp³-hybridized carbons (Fsp3) is 0.364. The van der Waals surface area contributed by atoms with Crippen molar-refractivity contribution in [2.75, 3.05) is 44.2 Å². The van der Waals surface area contributed by atoms with Crippen molar-refractivity contribution in [3.63, 3.8) is 0 Å². The first-order valence-corrected chi connectivity index (χ1v) is 11.5. The monoisotopic (exact) mass is 460 g/mol. The maximum Gasteiger partial charge on any atom is 0.338 e. The van der Waals surface area contributed by atoms with Gasteiger partial charge in [-0.3, -0.25) is 4.90 Å². The van der Waals surface area contributed by atoms with Gasteiger partial charge in [0.2, 0.25) is 0 Å². The van der Waals surface area contributed by atoms with Gasteiger partial charge in [0.15, 0.2) is 0 Å². The van der Waals surface area contributed by atoms with E-state index in [0.29, 0.717) is 17.8 Å². The number of nitrogens with one attached hydrogen (secondary N) is 2. The maximum absolute atomic E-state index is 12.8. The van der Waals surface area contributed by atoms with Crippen LogP contribution < -0.4 is 15.5 Å². The van der Waals surface area contributed by atoms with Crippen LogP contribution in [-0.2, 0) is 9.53 Å². The number of piperazine rings is 1. The second kappa shape index (κ2) is 9.72. The molecule has 2 aromatic rings. The van der Waals surface area contributed by atoms with Crippen molar-refractivity contribution in [3.8, 4) is 0 Å². The van der Waals surface area contributed by atoms with E-state index in [0.717, 1.165) is 41.8 Å². The largest absolute Gasteiger partial charge is 0.463 e. The summed E-state index contributed by atoms with van der Waals surface area (Å²) < 4.78 is 5.33. The van der Waals surface area contributed by atoms with Gasteiger partial charge in [-0.2, -0.15) is 0 Å². The Morgan fingerprint density at radius 3 is 2.58 bits per heavy atom. The van der Waals surface area contributed by atoms with Gasteiger partial charge in [0.25, 0.3) is 0 Å². The van der Waals surface area contributed by atoms with Gasteiger partial charge < -0.3 is 20.3 Å². The Hall–Kier alpha value is -2.55. The molecule has 9 heteroatoms. The van der Waals surface area contributed by atoms with E-state index in [1.165, 1.54) is 11.3 Å². The molecular weight excluding hydrogens is 436 g/mol. The van der Waals surface area contributed by atoms with Crippen molar-refractivity contribution in [1.82, 2.24) is 15.5 Å². The molecule has 2 aliphatic rings. The van der Waals surface area contributed by atoms with Crippen molar-refractivity contribution < 1.29 is 14.3 Å². The number of halogens is 1. The van der Waals surface area contributed by atoms with Gasteiger partial charge >= 0.3 is 12.0 Å². The molecule has 2 N–H and O–H groups in total.